The van der Waals surface area contributed by atoms with E-state index in [0.29, 0.717) is 0 Å². The maximum atomic E-state index is 4.80. The van der Waals surface area contributed by atoms with Crippen LogP contribution in [-0.2, 0) is 6.42 Å². The fraction of sp³-hybridized carbons (Fsp3) is 0.462. The molecule has 0 aliphatic carbocycles. The highest BCUT2D eigenvalue weighted by molar-refractivity contribution is 5.83. The molecule has 2 nitrogen and oxygen atoms in total. The summed E-state index contributed by atoms with van der Waals surface area (Å²) in [6, 6.07) is 8.62. The van der Waals surface area contributed by atoms with Gasteiger partial charge in [-0.2, -0.15) is 0 Å². The fourth-order valence-corrected chi connectivity index (χ4v) is 2.63. The number of nitrogens with one attached hydrogen (secondary N) is 1. The van der Waals surface area contributed by atoms with Gasteiger partial charge in [0.25, 0.3) is 0 Å². The molecule has 2 aliphatic heterocycles. The zero-order valence-corrected chi connectivity index (χ0v) is 8.87. The van der Waals surface area contributed by atoms with Crippen LogP contribution in [-0.4, -0.2) is 24.8 Å². The maximum absolute atomic E-state index is 4.80. The zero-order chi connectivity index (χ0) is 10.1. The molecule has 0 bridgehead atoms. The van der Waals surface area contributed by atoms with Crippen LogP contribution in [0.5, 0.6) is 0 Å². The highest BCUT2D eigenvalue weighted by atomic mass is 15.0. The number of benzene rings is 1. The van der Waals surface area contributed by atoms with Crippen LogP contribution in [0.15, 0.2) is 29.3 Å². The molecule has 0 unspecified atom stereocenters. The SMILES string of the molecule is C1=NC2(CCNCC2)Cc2ccccc21. The molecule has 15 heavy (non-hydrogen) atoms. The van der Waals surface area contributed by atoms with E-state index in [0.717, 1.165) is 19.5 Å². The summed E-state index contributed by atoms with van der Waals surface area (Å²) in [7, 11) is 0. The van der Waals surface area contributed by atoms with Crippen molar-refractivity contribution >= 4 is 6.21 Å². The summed E-state index contributed by atoms with van der Waals surface area (Å²) in [6.07, 6.45) is 5.56. The second-order valence-corrected chi connectivity index (χ2v) is 4.61. The summed E-state index contributed by atoms with van der Waals surface area (Å²) in [5.74, 6) is 0. The van der Waals surface area contributed by atoms with Crippen LogP contribution in [0.4, 0.5) is 0 Å². The standard InChI is InChI=1S/C13H16N2/c1-2-4-12-10-15-13(9-11(12)3-1)5-7-14-8-6-13/h1-4,10,14H,5-9H2. The molecule has 1 aromatic rings. The van der Waals surface area contributed by atoms with Crippen LogP contribution < -0.4 is 5.32 Å². The van der Waals surface area contributed by atoms with E-state index in [9.17, 15) is 0 Å². The molecule has 1 N–H and O–H groups in total. The van der Waals surface area contributed by atoms with Gasteiger partial charge in [0, 0.05) is 6.21 Å². The molecule has 0 radical (unpaired) electrons. The Kier molecular flexibility index (Phi) is 2.10. The lowest BCUT2D eigenvalue weighted by atomic mass is 9.80. The Morgan fingerprint density at radius 2 is 1.93 bits per heavy atom. The van der Waals surface area contributed by atoms with E-state index >= 15 is 0 Å². The Balaban J connectivity index is 1.94. The highest BCUT2D eigenvalue weighted by Gasteiger charge is 2.33. The highest BCUT2D eigenvalue weighted by Crippen LogP contribution is 2.31. The van der Waals surface area contributed by atoms with E-state index < -0.39 is 0 Å². The molecular formula is C13H16N2. The van der Waals surface area contributed by atoms with Gasteiger partial charge >= 0.3 is 0 Å². The molecule has 78 valence electrons. The number of fused-ring (bicyclic) bond motifs is 1. The molecule has 1 spiro atoms. The fourth-order valence-electron chi connectivity index (χ4n) is 2.63. The van der Waals surface area contributed by atoms with Gasteiger partial charge in [-0.05, 0) is 43.5 Å². The topological polar surface area (TPSA) is 24.4 Å². The summed E-state index contributed by atoms with van der Waals surface area (Å²) < 4.78 is 0. The van der Waals surface area contributed by atoms with Crippen LogP contribution in [0.3, 0.4) is 0 Å². The first-order valence-electron chi connectivity index (χ1n) is 5.72. The van der Waals surface area contributed by atoms with Gasteiger partial charge in [0.1, 0.15) is 0 Å². The van der Waals surface area contributed by atoms with Crippen LogP contribution >= 0.6 is 0 Å². The van der Waals surface area contributed by atoms with Crippen molar-refractivity contribution < 1.29 is 0 Å². The number of aliphatic imine (C=N–C) groups is 1. The van der Waals surface area contributed by atoms with Crippen LogP contribution in [0.1, 0.15) is 24.0 Å². The first kappa shape index (κ1) is 9.10. The zero-order valence-electron chi connectivity index (χ0n) is 8.87. The number of hydrogen-bond donors (Lipinski definition) is 1. The van der Waals surface area contributed by atoms with Crippen molar-refractivity contribution in [2.24, 2.45) is 4.99 Å². The maximum Gasteiger partial charge on any atom is 0.0672 e. The lowest BCUT2D eigenvalue weighted by Crippen LogP contribution is -2.43. The van der Waals surface area contributed by atoms with E-state index in [4.69, 9.17) is 4.99 Å². The first-order chi connectivity index (χ1) is 7.38. The van der Waals surface area contributed by atoms with Crippen molar-refractivity contribution in [3.63, 3.8) is 0 Å². The predicted octanol–water partition coefficient (Wildman–Crippen LogP) is 1.78. The predicted molar refractivity (Wildman–Crippen MR) is 62.6 cm³/mol. The van der Waals surface area contributed by atoms with Crippen molar-refractivity contribution in [2.45, 2.75) is 24.8 Å². The Morgan fingerprint density at radius 1 is 1.13 bits per heavy atom. The molecule has 1 saturated heterocycles. The van der Waals surface area contributed by atoms with Gasteiger partial charge in [-0.1, -0.05) is 24.3 Å². The van der Waals surface area contributed by atoms with Crippen molar-refractivity contribution in [3.05, 3.63) is 35.4 Å². The largest absolute Gasteiger partial charge is 0.317 e. The van der Waals surface area contributed by atoms with Crippen LogP contribution in [0, 0.1) is 0 Å². The minimum Gasteiger partial charge on any atom is -0.317 e. The molecule has 1 aromatic carbocycles. The van der Waals surface area contributed by atoms with E-state index in [-0.39, 0.29) is 5.54 Å². The smallest absolute Gasteiger partial charge is 0.0672 e. The minimum atomic E-state index is 0.208. The normalized spacial score (nSPS) is 22.7. The van der Waals surface area contributed by atoms with Crippen molar-refractivity contribution in [3.8, 4) is 0 Å². The molecular weight excluding hydrogens is 184 g/mol. The summed E-state index contributed by atoms with van der Waals surface area (Å²) in [5, 5.41) is 3.41. The number of hydrogen-bond acceptors (Lipinski definition) is 2. The van der Waals surface area contributed by atoms with Crippen molar-refractivity contribution in [1.29, 1.82) is 0 Å². The van der Waals surface area contributed by atoms with Crippen molar-refractivity contribution in [1.82, 2.24) is 5.32 Å². The van der Waals surface area contributed by atoms with Gasteiger partial charge in [-0.25, -0.2) is 0 Å². The molecule has 0 saturated carbocycles. The molecule has 0 atom stereocenters. The quantitative estimate of drug-likeness (QED) is 0.678. The van der Waals surface area contributed by atoms with E-state index in [1.165, 1.54) is 24.0 Å². The molecule has 0 amide bonds. The van der Waals surface area contributed by atoms with E-state index in [2.05, 4.69) is 35.8 Å². The Morgan fingerprint density at radius 3 is 2.80 bits per heavy atom. The lowest BCUT2D eigenvalue weighted by Gasteiger charge is -2.36. The van der Waals surface area contributed by atoms with E-state index in [1.54, 1.807) is 0 Å². The third-order valence-corrected chi connectivity index (χ3v) is 3.59. The minimum absolute atomic E-state index is 0.208. The molecule has 2 heteroatoms. The third-order valence-electron chi connectivity index (χ3n) is 3.59. The molecule has 3 rings (SSSR count). The molecule has 2 aliphatic rings. The molecule has 1 fully saturated rings. The monoisotopic (exact) mass is 200 g/mol. The second-order valence-electron chi connectivity index (χ2n) is 4.61. The van der Waals surface area contributed by atoms with E-state index in [1.807, 2.05) is 0 Å². The van der Waals surface area contributed by atoms with Gasteiger partial charge in [0.2, 0.25) is 0 Å². The van der Waals surface area contributed by atoms with Gasteiger partial charge in [-0.15, -0.1) is 0 Å². The van der Waals surface area contributed by atoms with Gasteiger partial charge in [-0.3, -0.25) is 4.99 Å². The number of piperidine rings is 1. The van der Waals surface area contributed by atoms with Gasteiger partial charge in [0.05, 0.1) is 5.54 Å². The summed E-state index contributed by atoms with van der Waals surface area (Å²) in [6.45, 7) is 2.22. The molecule has 2 heterocycles. The summed E-state index contributed by atoms with van der Waals surface area (Å²) >= 11 is 0. The third kappa shape index (κ3) is 1.59. The Hall–Kier alpha value is -1.15. The average Bonchev–Trinajstić information content (AvgIpc) is 2.30. The average molecular weight is 200 g/mol. The van der Waals surface area contributed by atoms with Gasteiger partial charge in [0.15, 0.2) is 0 Å². The first-order valence-corrected chi connectivity index (χ1v) is 5.72. The Bertz CT molecular complexity index is 389. The second kappa shape index (κ2) is 3.46. The lowest BCUT2D eigenvalue weighted by molar-refractivity contribution is 0.309. The molecule has 0 aromatic heterocycles. The van der Waals surface area contributed by atoms with Crippen LogP contribution in [0.2, 0.25) is 0 Å². The number of nitrogens with zero attached hydrogens (tertiary/aromatic N) is 1. The number of rotatable bonds is 0. The van der Waals surface area contributed by atoms with Crippen molar-refractivity contribution in [2.75, 3.05) is 13.1 Å². The summed E-state index contributed by atoms with van der Waals surface area (Å²) in [4.78, 5) is 4.80. The van der Waals surface area contributed by atoms with Crippen LogP contribution in [0.25, 0.3) is 0 Å². The summed E-state index contributed by atoms with van der Waals surface area (Å²) in [5.41, 5.74) is 2.98. The van der Waals surface area contributed by atoms with Gasteiger partial charge < -0.3 is 5.32 Å². The Labute approximate surface area is 90.4 Å².